The summed E-state index contributed by atoms with van der Waals surface area (Å²) >= 11 is 4.75. The molecular formula is C16H12N6O6S. The van der Waals surface area contributed by atoms with Crippen LogP contribution in [0.1, 0.15) is 17.0 Å². The van der Waals surface area contributed by atoms with E-state index in [9.17, 15) is 29.8 Å². The van der Waals surface area contributed by atoms with Gasteiger partial charge in [0.05, 0.1) is 21.6 Å². The fraction of sp³-hybridized carbons (Fsp3) is 0.125. The summed E-state index contributed by atoms with van der Waals surface area (Å²) < 4.78 is 1.23. The molecule has 0 unspecified atom stereocenters. The lowest BCUT2D eigenvalue weighted by Gasteiger charge is -2.16. The summed E-state index contributed by atoms with van der Waals surface area (Å²) in [6, 6.07) is 3.18. The molecule has 0 radical (unpaired) electrons. The minimum absolute atomic E-state index is 0.00424. The number of nitro groups is 2. The van der Waals surface area contributed by atoms with E-state index in [4.69, 9.17) is 12.2 Å². The van der Waals surface area contributed by atoms with Crippen molar-refractivity contribution in [3.05, 3.63) is 61.0 Å². The van der Waals surface area contributed by atoms with E-state index in [1.807, 2.05) is 0 Å². The molecule has 13 heteroatoms. The van der Waals surface area contributed by atoms with Crippen molar-refractivity contribution >= 4 is 46.6 Å². The minimum atomic E-state index is -0.750. The Bertz CT molecular complexity index is 1130. The number of aromatic nitrogens is 2. The van der Waals surface area contributed by atoms with Crippen molar-refractivity contribution in [3.8, 4) is 5.69 Å². The molecule has 3 rings (SSSR count). The van der Waals surface area contributed by atoms with Gasteiger partial charge in [-0.2, -0.15) is 5.10 Å². The van der Waals surface area contributed by atoms with Crippen molar-refractivity contribution < 1.29 is 19.4 Å². The van der Waals surface area contributed by atoms with Gasteiger partial charge in [-0.3, -0.25) is 40.5 Å². The quantitative estimate of drug-likeness (QED) is 0.247. The third-order valence-corrected chi connectivity index (χ3v) is 4.38. The molecule has 148 valence electrons. The molecule has 1 saturated heterocycles. The van der Waals surface area contributed by atoms with Gasteiger partial charge in [-0.25, -0.2) is 4.68 Å². The van der Waals surface area contributed by atoms with Crippen LogP contribution < -0.4 is 10.6 Å². The molecule has 2 aromatic rings. The van der Waals surface area contributed by atoms with E-state index in [1.54, 1.807) is 13.8 Å². The van der Waals surface area contributed by atoms with Crippen LogP contribution in [0.15, 0.2) is 23.8 Å². The van der Waals surface area contributed by atoms with E-state index in [1.165, 1.54) is 16.8 Å². The summed E-state index contributed by atoms with van der Waals surface area (Å²) in [6.07, 6.45) is 1.30. The highest BCUT2D eigenvalue weighted by Gasteiger charge is 2.28. The van der Waals surface area contributed by atoms with Crippen LogP contribution in [0.25, 0.3) is 11.8 Å². The fourth-order valence-corrected chi connectivity index (χ4v) is 2.99. The number of nitrogens with zero attached hydrogens (tertiary/aromatic N) is 4. The number of carbonyl (C=O) groups is 2. The SMILES string of the molecule is Cc1nn(-c2ccc([N+](=O)[O-])cc2[N+](=O)[O-])c(C)c1C=C1C(=O)NC(=S)NC1=O. The van der Waals surface area contributed by atoms with Gasteiger partial charge in [-0.05, 0) is 38.2 Å². The van der Waals surface area contributed by atoms with Crippen LogP contribution in [0.2, 0.25) is 0 Å². The minimum Gasteiger partial charge on any atom is -0.299 e. The van der Waals surface area contributed by atoms with Gasteiger partial charge >= 0.3 is 5.69 Å². The second kappa shape index (κ2) is 7.20. The maximum atomic E-state index is 12.1. The Hall–Kier alpha value is -4.00. The lowest BCUT2D eigenvalue weighted by molar-refractivity contribution is -0.394. The molecule has 1 fully saturated rings. The molecule has 1 aliphatic rings. The van der Waals surface area contributed by atoms with Gasteiger partial charge < -0.3 is 0 Å². The first-order valence-electron chi connectivity index (χ1n) is 7.98. The van der Waals surface area contributed by atoms with Crippen LogP contribution in [-0.2, 0) is 9.59 Å². The number of amides is 2. The summed E-state index contributed by atoms with van der Waals surface area (Å²) in [4.78, 5) is 45.0. The molecule has 0 aliphatic carbocycles. The Labute approximate surface area is 167 Å². The van der Waals surface area contributed by atoms with E-state index >= 15 is 0 Å². The predicted molar refractivity (Wildman–Crippen MR) is 103 cm³/mol. The molecule has 1 aromatic heterocycles. The summed E-state index contributed by atoms with van der Waals surface area (Å²) in [5.41, 5.74) is 0.0216. The van der Waals surface area contributed by atoms with Crippen LogP contribution in [-0.4, -0.2) is 36.6 Å². The number of nitro benzene ring substituents is 2. The van der Waals surface area contributed by atoms with Crippen molar-refractivity contribution in [1.82, 2.24) is 20.4 Å². The first-order valence-corrected chi connectivity index (χ1v) is 8.38. The molecule has 2 N–H and O–H groups in total. The number of carbonyl (C=O) groups excluding carboxylic acids is 2. The molecule has 0 atom stereocenters. The third kappa shape index (κ3) is 3.58. The standard InChI is InChI=1S/C16H12N6O6S/c1-7-10(6-11-14(23)17-16(29)18-15(11)24)8(2)20(19-7)12-4-3-9(21(25)26)5-13(12)22(27)28/h3-6H,1-2H3,(H2,17,18,23,24,29). The van der Waals surface area contributed by atoms with Gasteiger partial charge in [-0.1, -0.05) is 0 Å². The van der Waals surface area contributed by atoms with E-state index in [0.717, 1.165) is 12.1 Å². The maximum Gasteiger partial charge on any atom is 0.301 e. The monoisotopic (exact) mass is 416 g/mol. The highest BCUT2D eigenvalue weighted by Crippen LogP contribution is 2.30. The summed E-state index contributed by atoms with van der Waals surface area (Å²) in [6.45, 7) is 3.18. The molecular weight excluding hydrogens is 404 g/mol. The normalized spacial score (nSPS) is 13.7. The Kier molecular flexibility index (Phi) is 4.90. The molecule has 0 bridgehead atoms. The zero-order chi connectivity index (χ0) is 21.5. The highest BCUT2D eigenvalue weighted by molar-refractivity contribution is 7.80. The van der Waals surface area contributed by atoms with Crippen LogP contribution in [0, 0.1) is 34.1 Å². The molecule has 0 saturated carbocycles. The second-order valence-electron chi connectivity index (χ2n) is 5.98. The summed E-state index contributed by atoms with van der Waals surface area (Å²) in [5.74, 6) is -1.38. The van der Waals surface area contributed by atoms with Gasteiger partial charge in [0.1, 0.15) is 11.3 Å². The van der Waals surface area contributed by atoms with Crippen molar-refractivity contribution in [1.29, 1.82) is 0 Å². The number of aryl methyl sites for hydroxylation is 1. The summed E-state index contributed by atoms with van der Waals surface area (Å²) in [5, 5.41) is 31.1. The molecule has 1 aromatic carbocycles. The lowest BCUT2D eigenvalue weighted by Crippen LogP contribution is -2.51. The number of hydrogen-bond acceptors (Lipinski definition) is 8. The first-order chi connectivity index (χ1) is 13.6. The zero-order valence-electron chi connectivity index (χ0n) is 15.0. The van der Waals surface area contributed by atoms with Gasteiger partial charge in [-0.15, -0.1) is 0 Å². The number of thiocarbonyl (C=S) groups is 1. The molecule has 1 aliphatic heterocycles. The molecule has 0 spiro atoms. The first kappa shape index (κ1) is 19.8. The molecule has 29 heavy (non-hydrogen) atoms. The van der Waals surface area contributed by atoms with Crippen molar-refractivity contribution in [2.24, 2.45) is 0 Å². The average Bonchev–Trinajstić information content (AvgIpc) is 2.91. The topological polar surface area (TPSA) is 162 Å². The van der Waals surface area contributed by atoms with E-state index < -0.39 is 33.0 Å². The number of hydrogen-bond donors (Lipinski definition) is 2. The molecule has 2 amide bonds. The molecule has 2 heterocycles. The highest BCUT2D eigenvalue weighted by atomic mass is 32.1. The van der Waals surface area contributed by atoms with Crippen LogP contribution in [0.3, 0.4) is 0 Å². The molecule has 12 nitrogen and oxygen atoms in total. The average molecular weight is 416 g/mol. The van der Waals surface area contributed by atoms with E-state index in [2.05, 4.69) is 15.7 Å². The Morgan fingerprint density at radius 2 is 1.72 bits per heavy atom. The fourth-order valence-electron chi connectivity index (χ4n) is 2.80. The van der Waals surface area contributed by atoms with Gasteiger partial charge in [0.25, 0.3) is 17.5 Å². The van der Waals surface area contributed by atoms with E-state index in [-0.39, 0.29) is 16.4 Å². The number of non-ortho nitro benzene ring substituents is 1. The van der Waals surface area contributed by atoms with Crippen LogP contribution in [0.4, 0.5) is 11.4 Å². The Balaban J connectivity index is 2.14. The van der Waals surface area contributed by atoms with Crippen molar-refractivity contribution in [2.75, 3.05) is 0 Å². The number of nitrogens with one attached hydrogen (secondary N) is 2. The lowest BCUT2D eigenvalue weighted by atomic mass is 10.1. The zero-order valence-corrected chi connectivity index (χ0v) is 15.8. The van der Waals surface area contributed by atoms with Crippen molar-refractivity contribution in [3.63, 3.8) is 0 Å². The smallest absolute Gasteiger partial charge is 0.299 e. The summed E-state index contributed by atoms with van der Waals surface area (Å²) in [7, 11) is 0. The van der Waals surface area contributed by atoms with Gasteiger partial charge in [0, 0.05) is 17.3 Å². The predicted octanol–water partition coefficient (Wildman–Crippen LogP) is 1.22. The largest absolute Gasteiger partial charge is 0.301 e. The number of benzene rings is 1. The van der Waals surface area contributed by atoms with E-state index in [0.29, 0.717) is 17.0 Å². The maximum absolute atomic E-state index is 12.1. The number of rotatable bonds is 4. The third-order valence-electron chi connectivity index (χ3n) is 4.17. The van der Waals surface area contributed by atoms with Gasteiger partial charge in [0.2, 0.25) is 0 Å². The second-order valence-corrected chi connectivity index (χ2v) is 6.39. The van der Waals surface area contributed by atoms with Crippen molar-refractivity contribution in [2.45, 2.75) is 13.8 Å². The Morgan fingerprint density at radius 3 is 2.28 bits per heavy atom. The Morgan fingerprint density at radius 1 is 1.10 bits per heavy atom. The van der Waals surface area contributed by atoms with Crippen LogP contribution in [0.5, 0.6) is 0 Å². The van der Waals surface area contributed by atoms with Gasteiger partial charge in [0.15, 0.2) is 5.11 Å². The van der Waals surface area contributed by atoms with Crippen LogP contribution >= 0.6 is 12.2 Å².